The molecule has 0 saturated carbocycles. The maximum absolute atomic E-state index is 12.6. The monoisotopic (exact) mass is 342 g/mol. The Morgan fingerprint density at radius 3 is 2.50 bits per heavy atom. The second kappa shape index (κ2) is 7.01. The number of nitro benzene ring substituents is 1. The summed E-state index contributed by atoms with van der Waals surface area (Å²) in [5.41, 5.74) is 0.643. The van der Waals surface area contributed by atoms with E-state index in [0.717, 1.165) is 6.08 Å². The Kier molecular flexibility index (Phi) is 5.05. The van der Waals surface area contributed by atoms with Gasteiger partial charge in [-0.1, -0.05) is 37.4 Å². The average Bonchev–Trinajstić information content (AvgIpc) is 2.59. The highest BCUT2D eigenvalue weighted by atomic mass is 32.2. The fourth-order valence-corrected chi connectivity index (χ4v) is 3.52. The first kappa shape index (κ1) is 17.3. The van der Waals surface area contributed by atoms with Gasteiger partial charge in [0.25, 0.3) is 5.69 Å². The summed E-state index contributed by atoms with van der Waals surface area (Å²) in [6.07, 6.45) is 6.76. The van der Waals surface area contributed by atoms with E-state index in [1.807, 2.05) is 0 Å². The highest BCUT2D eigenvalue weighted by Crippen LogP contribution is 2.33. The first-order valence-corrected chi connectivity index (χ1v) is 8.29. The zero-order valence-corrected chi connectivity index (χ0v) is 13.4. The molecular weight excluding hydrogens is 328 g/mol. The number of aromatic nitrogens is 1. The summed E-state index contributed by atoms with van der Waals surface area (Å²) >= 11 is 0. The van der Waals surface area contributed by atoms with Gasteiger partial charge in [0, 0.05) is 24.0 Å². The number of pyridine rings is 1. The molecule has 2 aromatic rings. The van der Waals surface area contributed by atoms with Crippen molar-refractivity contribution in [1.29, 1.82) is 0 Å². The Morgan fingerprint density at radius 1 is 1.21 bits per heavy atom. The van der Waals surface area contributed by atoms with Crippen LogP contribution in [0.1, 0.15) is 0 Å². The van der Waals surface area contributed by atoms with Crippen molar-refractivity contribution < 1.29 is 13.3 Å². The molecule has 0 unspecified atom stereocenters. The number of rotatable bonds is 6. The molecule has 0 atom stereocenters. The Hall–Kier alpha value is -3.06. The molecule has 0 amide bonds. The van der Waals surface area contributed by atoms with E-state index in [9.17, 15) is 18.5 Å². The van der Waals surface area contributed by atoms with Crippen LogP contribution in [0.25, 0.3) is 11.1 Å². The molecule has 0 fully saturated rings. The van der Waals surface area contributed by atoms with Crippen LogP contribution in [0.15, 0.2) is 83.9 Å². The summed E-state index contributed by atoms with van der Waals surface area (Å²) < 4.78 is 25.2. The molecule has 122 valence electrons. The van der Waals surface area contributed by atoms with E-state index in [1.54, 1.807) is 24.5 Å². The van der Waals surface area contributed by atoms with E-state index in [2.05, 4.69) is 18.1 Å². The van der Waals surface area contributed by atoms with Crippen LogP contribution in [0, 0.1) is 10.1 Å². The summed E-state index contributed by atoms with van der Waals surface area (Å²) in [4.78, 5) is 14.1. The zero-order chi connectivity index (χ0) is 17.7. The number of benzene rings is 1. The van der Waals surface area contributed by atoms with E-state index in [1.165, 1.54) is 30.4 Å². The highest BCUT2D eigenvalue weighted by molar-refractivity contribution is 7.95. The van der Waals surface area contributed by atoms with Crippen LogP contribution in [0.3, 0.4) is 0 Å². The van der Waals surface area contributed by atoms with Crippen molar-refractivity contribution in [3.63, 3.8) is 0 Å². The summed E-state index contributed by atoms with van der Waals surface area (Å²) in [7, 11) is -4.07. The Bertz CT molecular complexity index is 932. The molecule has 0 aliphatic carbocycles. The molecule has 0 aliphatic heterocycles. The lowest BCUT2D eigenvalue weighted by molar-refractivity contribution is -0.387. The average molecular weight is 342 g/mol. The van der Waals surface area contributed by atoms with Gasteiger partial charge >= 0.3 is 0 Å². The molecule has 0 spiro atoms. The molecule has 0 saturated heterocycles. The minimum absolute atomic E-state index is 0.158. The van der Waals surface area contributed by atoms with Gasteiger partial charge in [0.15, 0.2) is 0 Å². The molecule has 7 heteroatoms. The predicted molar refractivity (Wildman–Crippen MR) is 92.0 cm³/mol. The molecule has 1 aromatic carbocycles. The lowest BCUT2D eigenvalue weighted by Gasteiger charge is -2.08. The van der Waals surface area contributed by atoms with Crippen LogP contribution in [0.2, 0.25) is 0 Å². The summed E-state index contributed by atoms with van der Waals surface area (Å²) in [6, 6.07) is 7.36. The first-order chi connectivity index (χ1) is 11.4. The first-order valence-electron chi connectivity index (χ1n) is 6.81. The zero-order valence-electron chi connectivity index (χ0n) is 12.6. The molecule has 0 N–H and O–H groups in total. The second-order valence-corrected chi connectivity index (χ2v) is 6.61. The van der Waals surface area contributed by atoms with Crippen molar-refractivity contribution in [2.45, 2.75) is 4.90 Å². The van der Waals surface area contributed by atoms with Crippen LogP contribution in [0.5, 0.6) is 0 Å². The SMILES string of the molecule is C=C/C=C(\C=C)S(=O)(=O)c1ccc(-c2cccnc2)cc1[N+](=O)[O-]. The van der Waals surface area contributed by atoms with Crippen LogP contribution in [0.4, 0.5) is 5.69 Å². The van der Waals surface area contributed by atoms with Gasteiger partial charge in [0.2, 0.25) is 9.84 Å². The van der Waals surface area contributed by atoms with Crippen molar-refractivity contribution in [2.75, 3.05) is 0 Å². The smallest absolute Gasteiger partial charge is 0.264 e. The van der Waals surface area contributed by atoms with Gasteiger partial charge in [-0.25, -0.2) is 8.42 Å². The largest absolute Gasteiger partial charge is 0.288 e. The van der Waals surface area contributed by atoms with Crippen LogP contribution < -0.4 is 0 Å². The predicted octanol–water partition coefficient (Wildman–Crippen LogP) is 3.69. The number of hydrogen-bond donors (Lipinski definition) is 0. The van der Waals surface area contributed by atoms with Gasteiger partial charge in [-0.2, -0.15) is 0 Å². The van der Waals surface area contributed by atoms with Gasteiger partial charge in [0.05, 0.1) is 9.83 Å². The Morgan fingerprint density at radius 2 is 1.96 bits per heavy atom. The number of sulfone groups is 1. The lowest BCUT2D eigenvalue weighted by Crippen LogP contribution is -2.07. The Balaban J connectivity index is 2.68. The molecule has 1 aromatic heterocycles. The maximum atomic E-state index is 12.6. The quantitative estimate of drug-likeness (QED) is 0.454. The molecule has 0 radical (unpaired) electrons. The number of hydrogen-bond acceptors (Lipinski definition) is 5. The van der Waals surface area contributed by atoms with Gasteiger partial charge in [-0.3, -0.25) is 15.1 Å². The summed E-state index contributed by atoms with van der Waals surface area (Å²) in [5.74, 6) is 0. The van der Waals surface area contributed by atoms with Crippen molar-refractivity contribution in [1.82, 2.24) is 4.98 Å². The van der Waals surface area contributed by atoms with Crippen LogP contribution >= 0.6 is 0 Å². The molecule has 2 rings (SSSR count). The van der Waals surface area contributed by atoms with Crippen LogP contribution in [-0.2, 0) is 9.84 Å². The van der Waals surface area contributed by atoms with E-state index in [0.29, 0.717) is 11.1 Å². The van der Waals surface area contributed by atoms with Crippen molar-refractivity contribution in [2.24, 2.45) is 0 Å². The van der Waals surface area contributed by atoms with Crippen molar-refractivity contribution >= 4 is 15.5 Å². The minimum atomic E-state index is -4.07. The third kappa shape index (κ3) is 3.31. The fraction of sp³-hybridized carbons (Fsp3) is 0. The van der Waals surface area contributed by atoms with Gasteiger partial charge in [-0.05, 0) is 23.8 Å². The van der Waals surface area contributed by atoms with E-state index in [-0.39, 0.29) is 4.91 Å². The molecule has 6 nitrogen and oxygen atoms in total. The van der Waals surface area contributed by atoms with Crippen LogP contribution in [-0.4, -0.2) is 18.3 Å². The number of nitro groups is 1. The normalized spacial score (nSPS) is 11.8. The standard InChI is InChI=1S/C17H14N2O4S/c1-3-6-15(4-2)24(22,23)17-9-8-13(11-16(17)19(20)21)14-7-5-10-18-12-14/h3-12H,1-2H2/b15-6+. The van der Waals surface area contributed by atoms with E-state index < -0.39 is 25.3 Å². The van der Waals surface area contributed by atoms with Gasteiger partial charge in [0.1, 0.15) is 4.90 Å². The van der Waals surface area contributed by atoms with Crippen molar-refractivity contribution in [3.05, 3.63) is 89.1 Å². The summed E-state index contributed by atoms with van der Waals surface area (Å²) in [5, 5.41) is 11.4. The minimum Gasteiger partial charge on any atom is -0.264 e. The molecule has 0 aliphatic rings. The third-order valence-corrected chi connectivity index (χ3v) is 5.08. The van der Waals surface area contributed by atoms with Gasteiger partial charge in [-0.15, -0.1) is 0 Å². The summed E-state index contributed by atoms with van der Waals surface area (Å²) in [6.45, 7) is 6.88. The Labute approximate surface area is 139 Å². The number of allylic oxidation sites excluding steroid dienone is 3. The molecule has 0 bridgehead atoms. The lowest BCUT2D eigenvalue weighted by atomic mass is 10.1. The second-order valence-electron chi connectivity index (χ2n) is 4.69. The maximum Gasteiger partial charge on any atom is 0.288 e. The topological polar surface area (TPSA) is 90.2 Å². The fourth-order valence-electron chi connectivity index (χ4n) is 2.11. The number of nitrogens with zero attached hydrogens (tertiary/aromatic N) is 2. The third-order valence-electron chi connectivity index (χ3n) is 3.23. The molecular formula is C17H14N2O4S. The van der Waals surface area contributed by atoms with E-state index >= 15 is 0 Å². The molecule has 24 heavy (non-hydrogen) atoms. The highest BCUT2D eigenvalue weighted by Gasteiger charge is 2.28. The van der Waals surface area contributed by atoms with Gasteiger partial charge < -0.3 is 0 Å². The molecule has 1 heterocycles. The van der Waals surface area contributed by atoms with Crippen molar-refractivity contribution in [3.8, 4) is 11.1 Å². The van der Waals surface area contributed by atoms with E-state index in [4.69, 9.17) is 0 Å².